The van der Waals surface area contributed by atoms with Crippen molar-refractivity contribution in [3.63, 3.8) is 0 Å². The van der Waals surface area contributed by atoms with E-state index in [0.29, 0.717) is 24.0 Å². The molecule has 9 nitrogen and oxygen atoms in total. The normalized spacial score (nSPS) is 19.1. The molecule has 0 spiro atoms. The zero-order chi connectivity index (χ0) is 27.6. The summed E-state index contributed by atoms with van der Waals surface area (Å²) in [5.74, 6) is -1.09. The Hall–Kier alpha value is -4.03. The van der Waals surface area contributed by atoms with E-state index in [0.717, 1.165) is 12.8 Å². The molecule has 39 heavy (non-hydrogen) atoms. The van der Waals surface area contributed by atoms with Gasteiger partial charge in [0.2, 0.25) is 11.6 Å². The Morgan fingerprint density at radius 3 is 2.51 bits per heavy atom. The maximum absolute atomic E-state index is 14.0. The summed E-state index contributed by atoms with van der Waals surface area (Å²) < 4.78 is 57.3. The molecule has 0 aliphatic carbocycles. The van der Waals surface area contributed by atoms with Crippen molar-refractivity contribution in [1.29, 1.82) is 0 Å². The van der Waals surface area contributed by atoms with E-state index in [1.807, 2.05) is 11.8 Å². The number of β-amino-alcohol motifs (C(OH)–C–C–N with tert-alkyl or cyclic N) is 1. The summed E-state index contributed by atoms with van der Waals surface area (Å²) in [6, 6.07) is 14.6. The van der Waals surface area contributed by atoms with Crippen molar-refractivity contribution in [2.45, 2.75) is 50.7 Å². The van der Waals surface area contributed by atoms with Crippen LogP contribution in [-0.4, -0.2) is 50.6 Å². The first kappa shape index (κ1) is 26.6. The number of aromatic nitrogens is 3. The first-order valence-corrected chi connectivity index (χ1v) is 12.4. The lowest BCUT2D eigenvalue weighted by Gasteiger charge is -2.40. The molecule has 204 valence electrons. The lowest BCUT2D eigenvalue weighted by molar-refractivity contribution is -0.152. The van der Waals surface area contributed by atoms with E-state index in [9.17, 15) is 23.1 Å². The average Bonchev–Trinajstić information content (AvgIpc) is 3.59. The summed E-state index contributed by atoms with van der Waals surface area (Å²) in [5.41, 5.74) is -0.180. The molecule has 2 aromatic heterocycles. The van der Waals surface area contributed by atoms with E-state index in [4.69, 9.17) is 13.8 Å². The van der Waals surface area contributed by atoms with Crippen LogP contribution in [0.25, 0.3) is 34.3 Å². The van der Waals surface area contributed by atoms with Gasteiger partial charge in [0.1, 0.15) is 11.3 Å². The molecule has 1 N–H and O–H groups in total. The molecule has 3 unspecified atom stereocenters. The molecule has 12 heteroatoms. The van der Waals surface area contributed by atoms with Crippen LogP contribution in [0.4, 0.5) is 13.2 Å². The van der Waals surface area contributed by atoms with E-state index in [1.165, 1.54) is 12.1 Å². The predicted octanol–water partition coefficient (Wildman–Crippen LogP) is 5.48. The van der Waals surface area contributed by atoms with Crippen molar-refractivity contribution in [1.82, 2.24) is 20.2 Å². The first-order chi connectivity index (χ1) is 18.8. The van der Waals surface area contributed by atoms with Gasteiger partial charge in [-0.25, -0.2) is 0 Å². The summed E-state index contributed by atoms with van der Waals surface area (Å²) in [6.45, 7) is 2.71. The number of alkyl halides is 3. The van der Waals surface area contributed by atoms with Crippen LogP contribution in [0.2, 0.25) is 0 Å². The van der Waals surface area contributed by atoms with Gasteiger partial charge in [0.25, 0.3) is 12.4 Å². The highest BCUT2D eigenvalue weighted by molar-refractivity contribution is 5.71. The molecule has 0 bridgehead atoms. The minimum absolute atomic E-state index is 0.0425. The number of likely N-dealkylation sites (tertiary alicyclic amines) is 1. The zero-order valence-electron chi connectivity index (χ0n) is 20.8. The molecule has 0 amide bonds. The van der Waals surface area contributed by atoms with E-state index in [2.05, 4.69) is 15.3 Å². The summed E-state index contributed by atoms with van der Waals surface area (Å²) >= 11 is 0. The maximum atomic E-state index is 14.0. The number of aliphatic hydroxyl groups is 1. The van der Waals surface area contributed by atoms with Crippen LogP contribution in [0.5, 0.6) is 0 Å². The van der Waals surface area contributed by atoms with Crippen LogP contribution < -0.4 is 0 Å². The van der Waals surface area contributed by atoms with Gasteiger partial charge in [-0.2, -0.15) is 18.2 Å². The highest BCUT2D eigenvalue weighted by atomic mass is 19.4. The molecule has 1 aliphatic rings. The summed E-state index contributed by atoms with van der Waals surface area (Å²) in [5, 5.41) is 18.3. The van der Waals surface area contributed by atoms with Gasteiger partial charge in [-0.15, -0.1) is 0 Å². The fourth-order valence-corrected chi connectivity index (χ4v) is 4.80. The van der Waals surface area contributed by atoms with Crippen molar-refractivity contribution >= 4 is 6.47 Å². The number of ether oxygens (including phenoxy) is 1. The smallest absolute Gasteiger partial charge is 0.422 e. The van der Waals surface area contributed by atoms with Crippen LogP contribution in [0.3, 0.4) is 0 Å². The van der Waals surface area contributed by atoms with E-state index in [1.54, 1.807) is 42.5 Å². The Morgan fingerprint density at radius 2 is 1.82 bits per heavy atom. The fraction of sp³-hybridized carbons (Fsp3) is 0.333. The first-order valence-electron chi connectivity index (χ1n) is 12.4. The van der Waals surface area contributed by atoms with Gasteiger partial charge in [0, 0.05) is 23.7 Å². The van der Waals surface area contributed by atoms with Crippen LogP contribution in [-0.2, 0) is 15.7 Å². The second-order valence-corrected chi connectivity index (χ2v) is 9.32. The average molecular weight is 543 g/mol. The number of halogens is 3. The second kappa shape index (κ2) is 11.0. The van der Waals surface area contributed by atoms with Crippen molar-refractivity contribution in [3.05, 3.63) is 65.7 Å². The molecule has 2 aromatic carbocycles. The van der Waals surface area contributed by atoms with Crippen LogP contribution in [0, 0.1) is 0 Å². The quantitative estimate of drug-likeness (QED) is 0.289. The topological polar surface area (TPSA) is 115 Å². The standard InChI is InChI=1S/C27H25F3N4O5/c1-16-6-5-9-21(37-15-35)34(16)14-20(36)17-10-12-19(13-11-17)25-31-26(39-33-25)24-22(27(28,29)30)23(32-38-24)18-7-3-2-4-8-18/h2-4,7-8,10-13,15-16,20-21,36H,5-6,9,14H2,1H3. The summed E-state index contributed by atoms with van der Waals surface area (Å²) in [7, 11) is 0. The second-order valence-electron chi connectivity index (χ2n) is 9.32. The minimum Gasteiger partial charge on any atom is -0.449 e. The third-order valence-electron chi connectivity index (χ3n) is 6.80. The van der Waals surface area contributed by atoms with Crippen molar-refractivity contribution in [2.75, 3.05) is 6.54 Å². The Kier molecular flexibility index (Phi) is 7.49. The number of piperidine rings is 1. The van der Waals surface area contributed by atoms with Crippen molar-refractivity contribution < 1.29 is 36.9 Å². The van der Waals surface area contributed by atoms with Gasteiger partial charge in [-0.3, -0.25) is 9.69 Å². The van der Waals surface area contributed by atoms with Crippen molar-refractivity contribution in [2.24, 2.45) is 0 Å². The van der Waals surface area contributed by atoms with Crippen LogP contribution in [0.15, 0.2) is 63.6 Å². The molecule has 5 rings (SSSR count). The maximum Gasteiger partial charge on any atom is 0.422 e. The summed E-state index contributed by atoms with van der Waals surface area (Å²) in [6.07, 6.45) is -3.48. The lowest BCUT2D eigenvalue weighted by Crippen LogP contribution is -2.48. The van der Waals surface area contributed by atoms with Gasteiger partial charge in [-0.05, 0) is 31.7 Å². The molecular weight excluding hydrogens is 517 g/mol. The number of hydrogen-bond acceptors (Lipinski definition) is 9. The Morgan fingerprint density at radius 1 is 1.08 bits per heavy atom. The number of rotatable bonds is 8. The Labute approximate surface area is 221 Å². The minimum atomic E-state index is -4.78. The molecule has 0 saturated carbocycles. The number of hydrogen-bond donors (Lipinski definition) is 1. The highest BCUT2D eigenvalue weighted by Gasteiger charge is 2.43. The predicted molar refractivity (Wildman–Crippen MR) is 132 cm³/mol. The van der Waals surface area contributed by atoms with Crippen LogP contribution >= 0.6 is 0 Å². The molecule has 1 aliphatic heterocycles. The number of benzene rings is 2. The Bertz CT molecular complexity index is 1410. The number of aliphatic hydroxyl groups excluding tert-OH is 1. The summed E-state index contributed by atoms with van der Waals surface area (Å²) in [4.78, 5) is 17.0. The molecule has 1 saturated heterocycles. The van der Waals surface area contributed by atoms with E-state index < -0.39 is 35.7 Å². The fourth-order valence-electron chi connectivity index (χ4n) is 4.80. The molecule has 3 heterocycles. The SMILES string of the molecule is CC1CCCC(OC=O)N1CC(O)c1ccc(-c2noc(-c3onc(-c4ccccc4)c3C(F)(F)F)n2)cc1. The van der Waals surface area contributed by atoms with Gasteiger partial charge in [0.05, 0.1) is 6.10 Å². The molecule has 0 radical (unpaired) electrons. The van der Waals surface area contributed by atoms with E-state index in [-0.39, 0.29) is 29.7 Å². The zero-order valence-corrected chi connectivity index (χ0v) is 20.8. The van der Waals surface area contributed by atoms with Gasteiger partial charge in [0.15, 0.2) is 6.23 Å². The number of carbonyl (C=O) groups is 1. The highest BCUT2D eigenvalue weighted by Crippen LogP contribution is 2.43. The van der Waals surface area contributed by atoms with Gasteiger partial charge in [-0.1, -0.05) is 64.9 Å². The molecule has 4 aromatic rings. The van der Waals surface area contributed by atoms with Gasteiger partial charge >= 0.3 is 6.18 Å². The van der Waals surface area contributed by atoms with E-state index >= 15 is 0 Å². The largest absolute Gasteiger partial charge is 0.449 e. The van der Waals surface area contributed by atoms with Crippen molar-refractivity contribution in [3.8, 4) is 34.3 Å². The molecule has 3 atom stereocenters. The monoisotopic (exact) mass is 542 g/mol. The Balaban J connectivity index is 1.36. The third-order valence-corrected chi connectivity index (χ3v) is 6.80. The lowest BCUT2D eigenvalue weighted by atomic mass is 9.99. The third kappa shape index (κ3) is 5.57. The van der Waals surface area contributed by atoms with Crippen LogP contribution in [0.1, 0.15) is 43.4 Å². The molecule has 1 fully saturated rings. The molecular formula is C27H25F3N4O5. The number of carbonyl (C=O) groups excluding carboxylic acids is 1. The number of nitrogens with zero attached hydrogens (tertiary/aromatic N) is 4. The van der Waals surface area contributed by atoms with Gasteiger partial charge < -0.3 is 18.9 Å².